The molecule has 0 bridgehead atoms. The number of hydrogen-bond acceptors (Lipinski definition) is 11. The number of aliphatic hydroxyl groups is 1. The van der Waals surface area contributed by atoms with Crippen LogP contribution in [0.2, 0.25) is 0 Å². The molecule has 4 amide bonds. The second kappa shape index (κ2) is 16.6. The van der Waals surface area contributed by atoms with Crippen molar-refractivity contribution in [2.75, 3.05) is 13.2 Å². The fourth-order valence-corrected chi connectivity index (χ4v) is 8.85. The Bertz CT molecular complexity index is 1810. The number of sulfone groups is 1. The van der Waals surface area contributed by atoms with Crippen LogP contribution in [0.4, 0.5) is 8.78 Å². The molecule has 3 aliphatic rings. The summed E-state index contributed by atoms with van der Waals surface area (Å²) in [5.74, 6) is -7.49. The number of likely N-dealkylation sites (tertiary alicyclic amines) is 1. The molecule has 5 rings (SSSR count). The van der Waals surface area contributed by atoms with Crippen molar-refractivity contribution in [3.63, 3.8) is 0 Å². The number of carbonyl (C=O) groups excluding carboxylic acids is 5. The maximum Gasteiger partial charge on any atom is 0.341 e. The Morgan fingerprint density at radius 1 is 1.11 bits per heavy atom. The fourth-order valence-electron chi connectivity index (χ4n) is 8.12. The molecule has 3 fully saturated rings. The molecule has 0 spiro atoms. The van der Waals surface area contributed by atoms with Crippen molar-refractivity contribution >= 4 is 39.8 Å². The van der Waals surface area contributed by atoms with E-state index >= 15 is 0 Å². The number of ketones is 1. The highest BCUT2D eigenvalue weighted by Gasteiger charge is 2.56. The van der Waals surface area contributed by atoms with Crippen molar-refractivity contribution in [2.45, 2.75) is 118 Å². The molecule has 2 aromatic rings. The molecule has 54 heavy (non-hydrogen) atoms. The lowest BCUT2D eigenvalue weighted by Gasteiger charge is -2.40. The van der Waals surface area contributed by atoms with Gasteiger partial charge in [0.15, 0.2) is 0 Å². The molecule has 2 saturated heterocycles. The van der Waals surface area contributed by atoms with Gasteiger partial charge in [-0.05, 0) is 75.6 Å². The minimum absolute atomic E-state index is 0.00227. The number of nitrogens with two attached hydrogens (primary N) is 1. The second-order valence-electron chi connectivity index (χ2n) is 14.9. The molecule has 296 valence electrons. The van der Waals surface area contributed by atoms with Crippen molar-refractivity contribution < 1.29 is 51.0 Å². The molecule has 1 aromatic carbocycles. The third kappa shape index (κ3) is 8.62. The first-order valence-corrected chi connectivity index (χ1v) is 19.6. The molecule has 1 aromatic heterocycles. The molecule has 2 aliphatic heterocycles. The molecule has 1 saturated carbocycles. The first kappa shape index (κ1) is 40.8. The molecular weight excluding hydrogens is 732 g/mol. The molecule has 0 unspecified atom stereocenters. The standard InChI is InChI=1S/C35H47F2N7O9S/c1-34(2,50)27-18-40-42-44(27)35(23-9-6-14-53-26(16-23)29(46)30(38)47)17-28(39-20-45)43(19-35)32(49)25(15-21-7-4-3-5-8-21)41-31(48)22-10-12-24(13-11-22)54(51,52)33(36)37/h10-13,18,20-21,23,25-26,28,33,50H,3-9,14-17,19H2,1-2H3,(H2,38,47)(H,39,45)(H,41,48)/t23-,25+,26-,28-,35-/m0/s1. The van der Waals surface area contributed by atoms with Gasteiger partial charge in [-0.25, -0.2) is 13.1 Å². The van der Waals surface area contributed by atoms with Gasteiger partial charge in [0.05, 0.1) is 22.3 Å². The molecule has 3 heterocycles. The lowest BCUT2D eigenvalue weighted by molar-refractivity contribution is -0.143. The smallest absolute Gasteiger partial charge is 0.341 e. The summed E-state index contributed by atoms with van der Waals surface area (Å²) in [4.78, 5) is 66.2. The van der Waals surface area contributed by atoms with E-state index in [0.29, 0.717) is 19.3 Å². The monoisotopic (exact) mass is 779 g/mol. The molecule has 5 atom stereocenters. The van der Waals surface area contributed by atoms with Crippen LogP contribution < -0.4 is 16.4 Å². The zero-order chi connectivity index (χ0) is 39.4. The first-order valence-electron chi connectivity index (χ1n) is 18.0. The number of rotatable bonds is 14. The van der Waals surface area contributed by atoms with E-state index in [-0.39, 0.29) is 49.6 Å². The summed E-state index contributed by atoms with van der Waals surface area (Å²) in [6, 6.07) is 2.84. The highest BCUT2D eigenvalue weighted by molar-refractivity contribution is 7.91. The van der Waals surface area contributed by atoms with E-state index in [1.807, 2.05) is 0 Å². The molecule has 19 heteroatoms. The van der Waals surface area contributed by atoms with Gasteiger partial charge >= 0.3 is 5.76 Å². The Kier molecular flexibility index (Phi) is 12.5. The third-order valence-electron chi connectivity index (χ3n) is 10.9. The normalized spacial score (nSPS) is 24.8. The minimum Gasteiger partial charge on any atom is -0.384 e. The lowest BCUT2D eigenvalue weighted by atomic mass is 9.76. The Labute approximate surface area is 311 Å². The van der Waals surface area contributed by atoms with Gasteiger partial charge in [0, 0.05) is 25.1 Å². The number of amides is 4. The summed E-state index contributed by atoms with van der Waals surface area (Å²) in [6.45, 7) is 3.10. The molecule has 0 radical (unpaired) electrons. The Morgan fingerprint density at radius 3 is 2.41 bits per heavy atom. The van der Waals surface area contributed by atoms with Crippen LogP contribution in [0.25, 0.3) is 0 Å². The quantitative estimate of drug-likeness (QED) is 0.159. The molecule has 16 nitrogen and oxygen atoms in total. The number of aromatic nitrogens is 3. The summed E-state index contributed by atoms with van der Waals surface area (Å²) in [6.07, 6.45) is 5.36. The van der Waals surface area contributed by atoms with Gasteiger partial charge < -0.3 is 31.1 Å². The van der Waals surface area contributed by atoms with Gasteiger partial charge in [0.25, 0.3) is 11.8 Å². The van der Waals surface area contributed by atoms with E-state index in [1.165, 1.54) is 29.6 Å². The van der Waals surface area contributed by atoms with E-state index in [4.69, 9.17) is 10.5 Å². The lowest BCUT2D eigenvalue weighted by Crippen LogP contribution is -2.54. The van der Waals surface area contributed by atoms with Crippen LogP contribution in [0.15, 0.2) is 35.4 Å². The van der Waals surface area contributed by atoms with Crippen molar-refractivity contribution in [3.05, 3.63) is 41.7 Å². The Hall–Kier alpha value is -4.36. The fraction of sp³-hybridized carbons (Fsp3) is 0.629. The van der Waals surface area contributed by atoms with Crippen LogP contribution in [0.5, 0.6) is 0 Å². The number of ether oxygens (including phenoxy) is 1. The van der Waals surface area contributed by atoms with Gasteiger partial charge in [0.1, 0.15) is 23.9 Å². The van der Waals surface area contributed by atoms with Gasteiger partial charge in [-0.15, -0.1) is 5.10 Å². The number of nitrogens with zero attached hydrogens (tertiary/aromatic N) is 4. The number of hydrogen-bond donors (Lipinski definition) is 4. The summed E-state index contributed by atoms with van der Waals surface area (Å²) >= 11 is 0. The number of nitrogens with one attached hydrogen (secondary N) is 2. The van der Waals surface area contributed by atoms with Crippen LogP contribution >= 0.6 is 0 Å². The van der Waals surface area contributed by atoms with Crippen LogP contribution in [0.1, 0.15) is 94.1 Å². The third-order valence-corrected chi connectivity index (χ3v) is 12.3. The number of benzene rings is 1. The zero-order valence-electron chi connectivity index (χ0n) is 30.2. The maximum atomic E-state index is 14.8. The van der Waals surface area contributed by atoms with E-state index in [2.05, 4.69) is 20.9 Å². The summed E-state index contributed by atoms with van der Waals surface area (Å²) < 4.78 is 57.5. The SMILES string of the molecule is CC(C)(O)c1cnnn1[C@@]1([C@H]2CCCO[C@H](C(=O)C(N)=O)C2)C[C@@H](NC=O)N(C(=O)[C@@H](CC2CCCCC2)NC(=O)c2ccc(S(=O)(=O)C(F)F)cc2)C1. The number of Topliss-reactive ketones (excluding diaryl/α,β-unsaturated/α-hetero) is 1. The van der Waals surface area contributed by atoms with E-state index < -0.39 is 79.4 Å². The van der Waals surface area contributed by atoms with E-state index in [1.54, 1.807) is 0 Å². The minimum atomic E-state index is -4.90. The van der Waals surface area contributed by atoms with Gasteiger partial charge in [-0.3, -0.25) is 24.0 Å². The topological polar surface area (TPSA) is 233 Å². The average Bonchev–Trinajstić information content (AvgIpc) is 3.71. The largest absolute Gasteiger partial charge is 0.384 e. The number of alkyl halides is 2. The van der Waals surface area contributed by atoms with Crippen LogP contribution in [0.3, 0.4) is 0 Å². The van der Waals surface area contributed by atoms with Crippen molar-refractivity contribution in [2.24, 2.45) is 17.6 Å². The van der Waals surface area contributed by atoms with Crippen LogP contribution in [-0.4, -0.2) is 101 Å². The molecule has 5 N–H and O–H groups in total. The number of halogens is 2. The Balaban J connectivity index is 1.54. The van der Waals surface area contributed by atoms with Gasteiger partial charge in [0.2, 0.25) is 27.9 Å². The first-order chi connectivity index (χ1) is 25.5. The number of primary amides is 1. The zero-order valence-corrected chi connectivity index (χ0v) is 31.0. The average molecular weight is 780 g/mol. The Morgan fingerprint density at radius 2 is 1.80 bits per heavy atom. The summed E-state index contributed by atoms with van der Waals surface area (Å²) in [5, 5.41) is 25.2. The van der Waals surface area contributed by atoms with Crippen LogP contribution in [-0.2, 0) is 44.9 Å². The van der Waals surface area contributed by atoms with Crippen LogP contribution in [0, 0.1) is 11.8 Å². The van der Waals surface area contributed by atoms with Crippen molar-refractivity contribution in [3.8, 4) is 0 Å². The van der Waals surface area contributed by atoms with Crippen molar-refractivity contribution in [1.29, 1.82) is 0 Å². The predicted octanol–water partition coefficient (Wildman–Crippen LogP) is 1.51. The molecule has 1 aliphatic carbocycles. The van der Waals surface area contributed by atoms with Gasteiger partial charge in [-0.2, -0.15) is 8.78 Å². The predicted molar refractivity (Wildman–Crippen MR) is 186 cm³/mol. The van der Waals surface area contributed by atoms with E-state index in [0.717, 1.165) is 56.4 Å². The van der Waals surface area contributed by atoms with Crippen molar-refractivity contribution in [1.82, 2.24) is 30.5 Å². The molecular formula is C35H47F2N7O9S. The summed E-state index contributed by atoms with van der Waals surface area (Å²) in [5.41, 5.74) is 2.87. The van der Waals surface area contributed by atoms with E-state index in [9.17, 15) is 46.3 Å². The maximum absolute atomic E-state index is 14.8. The highest BCUT2D eigenvalue weighted by atomic mass is 32.2. The van der Waals surface area contributed by atoms with Gasteiger partial charge in [-0.1, -0.05) is 37.3 Å². The highest BCUT2D eigenvalue weighted by Crippen LogP contribution is 2.46. The number of carbonyl (C=O) groups is 5. The summed E-state index contributed by atoms with van der Waals surface area (Å²) in [7, 11) is -4.90. The second-order valence-corrected chi connectivity index (χ2v) is 16.8.